The molecule has 2 amide bonds. The van der Waals surface area contributed by atoms with Crippen molar-refractivity contribution in [2.24, 2.45) is 5.92 Å². The van der Waals surface area contributed by atoms with Gasteiger partial charge in [-0.05, 0) is 61.7 Å². The number of aromatic nitrogens is 2. The lowest BCUT2D eigenvalue weighted by atomic mass is 10.1. The van der Waals surface area contributed by atoms with Crippen LogP contribution < -0.4 is 16.1 Å². The Morgan fingerprint density at radius 3 is 2.37 bits per heavy atom. The third-order valence-corrected chi connectivity index (χ3v) is 5.15. The van der Waals surface area contributed by atoms with E-state index in [4.69, 9.17) is 0 Å². The molecule has 1 heterocycles. The van der Waals surface area contributed by atoms with Gasteiger partial charge < -0.3 is 10.6 Å². The summed E-state index contributed by atoms with van der Waals surface area (Å²) in [7, 11) is 0. The molecular formula is C25H25F3N4O3. The predicted octanol–water partition coefficient (Wildman–Crippen LogP) is 4.51. The van der Waals surface area contributed by atoms with Gasteiger partial charge in [0.15, 0.2) is 5.69 Å². The molecule has 2 aromatic carbocycles. The standard InChI is InChI=1S/C25H25F3N4O3/c1-14(2)13-29-23(34)17-8-9-20(15(3)10-17)30-24(35)22-21(33)11-16(4)32(31-22)19-7-5-6-18(12-19)25(26,27)28/h5-12,14H,13H2,1-4H3,(H,29,34)(H,30,35). The molecule has 0 saturated carbocycles. The van der Waals surface area contributed by atoms with E-state index in [0.29, 0.717) is 29.3 Å². The molecule has 7 nitrogen and oxygen atoms in total. The van der Waals surface area contributed by atoms with Crippen molar-refractivity contribution >= 4 is 17.5 Å². The highest BCUT2D eigenvalue weighted by molar-refractivity contribution is 6.03. The highest BCUT2D eigenvalue weighted by Crippen LogP contribution is 2.30. The summed E-state index contributed by atoms with van der Waals surface area (Å²) >= 11 is 0. The molecular weight excluding hydrogens is 461 g/mol. The largest absolute Gasteiger partial charge is 0.416 e. The average molecular weight is 486 g/mol. The number of nitrogens with one attached hydrogen (secondary N) is 2. The minimum Gasteiger partial charge on any atom is -0.352 e. The molecule has 0 spiro atoms. The van der Waals surface area contributed by atoms with Crippen LogP contribution in [0.15, 0.2) is 53.3 Å². The van der Waals surface area contributed by atoms with E-state index in [9.17, 15) is 27.6 Å². The molecule has 0 radical (unpaired) electrons. The van der Waals surface area contributed by atoms with Crippen LogP contribution in [0.2, 0.25) is 0 Å². The van der Waals surface area contributed by atoms with E-state index >= 15 is 0 Å². The second-order valence-corrected chi connectivity index (χ2v) is 8.55. The van der Waals surface area contributed by atoms with Gasteiger partial charge in [-0.1, -0.05) is 19.9 Å². The summed E-state index contributed by atoms with van der Waals surface area (Å²) < 4.78 is 40.5. The Bertz CT molecular complexity index is 1330. The van der Waals surface area contributed by atoms with Crippen molar-refractivity contribution in [1.82, 2.24) is 15.1 Å². The number of benzene rings is 2. The molecule has 0 fully saturated rings. The molecule has 10 heteroatoms. The molecule has 1 aromatic heterocycles. The van der Waals surface area contributed by atoms with E-state index in [2.05, 4.69) is 15.7 Å². The van der Waals surface area contributed by atoms with Crippen LogP contribution in [-0.4, -0.2) is 28.1 Å². The van der Waals surface area contributed by atoms with Gasteiger partial charge in [0.25, 0.3) is 11.8 Å². The van der Waals surface area contributed by atoms with Crippen LogP contribution in [0.25, 0.3) is 5.69 Å². The lowest BCUT2D eigenvalue weighted by molar-refractivity contribution is -0.137. The first kappa shape index (κ1) is 25.7. The Balaban J connectivity index is 1.88. The zero-order valence-corrected chi connectivity index (χ0v) is 19.7. The molecule has 0 unspecified atom stereocenters. The summed E-state index contributed by atoms with van der Waals surface area (Å²) in [5, 5.41) is 9.44. The van der Waals surface area contributed by atoms with Crippen molar-refractivity contribution in [3.8, 4) is 5.69 Å². The molecule has 184 valence electrons. The summed E-state index contributed by atoms with van der Waals surface area (Å²) in [5.41, 5.74) is -0.353. The number of anilines is 1. The number of carbonyl (C=O) groups excluding carboxylic acids is 2. The molecule has 0 aliphatic carbocycles. The summed E-state index contributed by atoms with van der Waals surface area (Å²) in [4.78, 5) is 37.6. The number of hydrogen-bond acceptors (Lipinski definition) is 4. The molecule has 3 aromatic rings. The Morgan fingerprint density at radius 1 is 1.03 bits per heavy atom. The van der Waals surface area contributed by atoms with Crippen molar-refractivity contribution in [2.75, 3.05) is 11.9 Å². The Kier molecular flexibility index (Phi) is 7.42. The second-order valence-electron chi connectivity index (χ2n) is 8.55. The first-order valence-corrected chi connectivity index (χ1v) is 10.9. The summed E-state index contributed by atoms with van der Waals surface area (Å²) in [5.74, 6) is -0.778. The topological polar surface area (TPSA) is 93.1 Å². The lowest BCUT2D eigenvalue weighted by Crippen LogP contribution is -2.28. The van der Waals surface area contributed by atoms with Gasteiger partial charge in [0.2, 0.25) is 5.43 Å². The molecule has 0 atom stereocenters. The molecule has 0 aliphatic rings. The lowest BCUT2D eigenvalue weighted by Gasteiger charge is -2.14. The smallest absolute Gasteiger partial charge is 0.352 e. The summed E-state index contributed by atoms with van der Waals surface area (Å²) in [6.45, 7) is 7.67. The van der Waals surface area contributed by atoms with Crippen molar-refractivity contribution in [3.63, 3.8) is 0 Å². The molecule has 3 rings (SSSR count). The van der Waals surface area contributed by atoms with Crippen LogP contribution in [0.5, 0.6) is 0 Å². The molecule has 0 bridgehead atoms. The fraction of sp³-hybridized carbons (Fsp3) is 0.280. The first-order valence-electron chi connectivity index (χ1n) is 10.9. The minimum atomic E-state index is -4.56. The van der Waals surface area contributed by atoms with Gasteiger partial charge in [0, 0.05) is 29.6 Å². The summed E-state index contributed by atoms with van der Waals surface area (Å²) in [6.07, 6.45) is -4.56. The van der Waals surface area contributed by atoms with Gasteiger partial charge in [0.05, 0.1) is 11.3 Å². The van der Waals surface area contributed by atoms with Crippen LogP contribution in [0.3, 0.4) is 0 Å². The van der Waals surface area contributed by atoms with E-state index in [1.807, 2.05) is 13.8 Å². The third kappa shape index (κ3) is 6.14. The van der Waals surface area contributed by atoms with Gasteiger partial charge >= 0.3 is 6.18 Å². The number of rotatable bonds is 6. The van der Waals surface area contributed by atoms with Crippen LogP contribution >= 0.6 is 0 Å². The maximum atomic E-state index is 13.1. The monoisotopic (exact) mass is 486 g/mol. The second kappa shape index (κ2) is 10.1. The Labute approximate surface area is 200 Å². The van der Waals surface area contributed by atoms with Gasteiger partial charge in [-0.2, -0.15) is 18.3 Å². The van der Waals surface area contributed by atoms with Crippen LogP contribution in [-0.2, 0) is 6.18 Å². The number of alkyl halides is 3. The molecule has 35 heavy (non-hydrogen) atoms. The SMILES string of the molecule is Cc1cc(C(=O)NCC(C)C)ccc1NC(=O)c1nn(-c2cccc(C(F)(F)F)c2)c(C)cc1=O. The average Bonchev–Trinajstić information content (AvgIpc) is 2.78. The fourth-order valence-corrected chi connectivity index (χ4v) is 3.31. The first-order chi connectivity index (χ1) is 16.4. The number of hydrogen-bond donors (Lipinski definition) is 2. The van der Waals surface area contributed by atoms with E-state index in [1.54, 1.807) is 19.1 Å². The Hall–Kier alpha value is -3.95. The number of nitrogens with zero attached hydrogens (tertiary/aromatic N) is 2. The van der Waals surface area contributed by atoms with Gasteiger partial charge in [-0.15, -0.1) is 0 Å². The van der Waals surface area contributed by atoms with Crippen molar-refractivity contribution < 1.29 is 22.8 Å². The van der Waals surface area contributed by atoms with E-state index in [0.717, 1.165) is 22.9 Å². The molecule has 0 aliphatic heterocycles. The van der Waals surface area contributed by atoms with Gasteiger partial charge in [0.1, 0.15) is 0 Å². The predicted molar refractivity (Wildman–Crippen MR) is 126 cm³/mol. The van der Waals surface area contributed by atoms with Crippen molar-refractivity contribution in [1.29, 1.82) is 0 Å². The maximum absolute atomic E-state index is 13.1. The van der Waals surface area contributed by atoms with E-state index in [-0.39, 0.29) is 17.3 Å². The van der Waals surface area contributed by atoms with Crippen molar-refractivity contribution in [2.45, 2.75) is 33.9 Å². The Morgan fingerprint density at radius 2 is 1.74 bits per heavy atom. The number of aryl methyl sites for hydroxylation is 2. The number of halogens is 3. The highest BCUT2D eigenvalue weighted by atomic mass is 19.4. The zero-order valence-electron chi connectivity index (χ0n) is 19.7. The third-order valence-electron chi connectivity index (χ3n) is 5.15. The zero-order chi connectivity index (χ0) is 25.9. The van der Waals surface area contributed by atoms with Crippen LogP contribution in [0.1, 0.15) is 51.5 Å². The highest BCUT2D eigenvalue weighted by Gasteiger charge is 2.30. The fourth-order valence-electron chi connectivity index (χ4n) is 3.31. The number of carbonyl (C=O) groups is 2. The maximum Gasteiger partial charge on any atom is 0.416 e. The van der Waals surface area contributed by atoms with Crippen LogP contribution in [0, 0.1) is 19.8 Å². The van der Waals surface area contributed by atoms with Crippen molar-refractivity contribution in [3.05, 3.63) is 86.8 Å². The van der Waals surface area contributed by atoms with E-state index in [1.165, 1.54) is 25.1 Å². The van der Waals surface area contributed by atoms with Crippen LogP contribution in [0.4, 0.5) is 18.9 Å². The number of amides is 2. The van der Waals surface area contributed by atoms with Gasteiger partial charge in [-0.25, -0.2) is 4.68 Å². The quantitative estimate of drug-likeness (QED) is 0.536. The molecule has 0 saturated heterocycles. The van der Waals surface area contributed by atoms with Gasteiger partial charge in [-0.3, -0.25) is 14.4 Å². The molecule has 2 N–H and O–H groups in total. The summed E-state index contributed by atoms with van der Waals surface area (Å²) in [6, 6.07) is 10.3. The van der Waals surface area contributed by atoms with E-state index < -0.39 is 28.8 Å². The normalized spacial score (nSPS) is 11.4. The minimum absolute atomic E-state index is 0.0549.